The van der Waals surface area contributed by atoms with Crippen molar-refractivity contribution in [1.82, 2.24) is 9.88 Å². The minimum atomic E-state index is -0.955. The number of aliphatic hydroxyl groups excluding tert-OH is 1. The fraction of sp³-hybridized carbons (Fsp3) is 0.333. The molecule has 2 atom stereocenters. The molecule has 0 bridgehead atoms. The second kappa shape index (κ2) is 6.65. The molecule has 1 N–H and O–H groups in total. The summed E-state index contributed by atoms with van der Waals surface area (Å²) in [5, 5.41) is 9.93. The van der Waals surface area contributed by atoms with E-state index in [1.807, 2.05) is 19.1 Å². The highest BCUT2D eigenvalue weighted by molar-refractivity contribution is 5.79. The molecule has 2 heterocycles. The number of nitrogens with zero attached hydrogens (tertiary/aromatic N) is 2. The Bertz CT molecular complexity index is 749. The van der Waals surface area contributed by atoms with Gasteiger partial charge in [0.05, 0.1) is 18.6 Å². The summed E-state index contributed by atoms with van der Waals surface area (Å²) >= 11 is 0. The first-order valence-electron chi connectivity index (χ1n) is 7.78. The van der Waals surface area contributed by atoms with Crippen LogP contribution in [-0.4, -0.2) is 33.5 Å². The summed E-state index contributed by atoms with van der Waals surface area (Å²) in [6, 6.07) is 6.79. The highest BCUT2D eigenvalue weighted by Crippen LogP contribution is 2.33. The van der Waals surface area contributed by atoms with Crippen molar-refractivity contribution in [3.05, 3.63) is 65.0 Å². The quantitative estimate of drug-likeness (QED) is 0.940. The van der Waals surface area contributed by atoms with Crippen LogP contribution in [0.25, 0.3) is 0 Å². The Morgan fingerprint density at radius 1 is 1.29 bits per heavy atom. The predicted molar refractivity (Wildman–Crippen MR) is 84.1 cm³/mol. The van der Waals surface area contributed by atoms with Crippen LogP contribution in [0.5, 0.6) is 0 Å². The third-order valence-electron chi connectivity index (χ3n) is 4.26. The van der Waals surface area contributed by atoms with Crippen LogP contribution in [0.15, 0.2) is 36.5 Å². The van der Waals surface area contributed by atoms with Crippen LogP contribution in [0.4, 0.5) is 8.78 Å². The molecule has 0 radical (unpaired) electrons. The van der Waals surface area contributed by atoms with E-state index in [-0.39, 0.29) is 18.9 Å². The monoisotopic (exact) mass is 332 g/mol. The second-order valence-electron chi connectivity index (χ2n) is 6.11. The highest BCUT2D eigenvalue weighted by atomic mass is 19.2. The smallest absolute Gasteiger partial charge is 0.227 e. The number of carbonyl (C=O) groups is 1. The first kappa shape index (κ1) is 16.5. The van der Waals surface area contributed by atoms with Gasteiger partial charge in [-0.2, -0.15) is 0 Å². The number of hydrogen-bond donors (Lipinski definition) is 1. The second-order valence-corrected chi connectivity index (χ2v) is 6.11. The van der Waals surface area contributed by atoms with Crippen molar-refractivity contribution in [2.45, 2.75) is 31.9 Å². The molecule has 1 aromatic heterocycles. The van der Waals surface area contributed by atoms with Crippen molar-refractivity contribution < 1.29 is 18.7 Å². The van der Waals surface area contributed by atoms with Crippen LogP contribution >= 0.6 is 0 Å². The lowest BCUT2D eigenvalue weighted by Gasteiger charge is -2.25. The van der Waals surface area contributed by atoms with Crippen molar-refractivity contribution in [2.24, 2.45) is 0 Å². The van der Waals surface area contributed by atoms with Crippen molar-refractivity contribution >= 4 is 5.91 Å². The number of rotatable bonds is 3. The third-order valence-corrected chi connectivity index (χ3v) is 4.26. The average molecular weight is 332 g/mol. The highest BCUT2D eigenvalue weighted by Gasteiger charge is 2.35. The van der Waals surface area contributed by atoms with E-state index in [0.717, 1.165) is 23.4 Å². The summed E-state index contributed by atoms with van der Waals surface area (Å²) in [5.74, 6) is -2.06. The maximum absolute atomic E-state index is 13.5. The van der Waals surface area contributed by atoms with Crippen molar-refractivity contribution in [3.63, 3.8) is 0 Å². The number of β-amino-alcohol motifs (C(OH)–C–C–N with tert-alkyl or cyclic N) is 1. The maximum Gasteiger partial charge on any atom is 0.227 e. The molecule has 24 heavy (non-hydrogen) atoms. The van der Waals surface area contributed by atoms with Gasteiger partial charge in [0.2, 0.25) is 5.91 Å². The van der Waals surface area contributed by atoms with Gasteiger partial charge in [-0.05, 0) is 42.7 Å². The Balaban J connectivity index is 1.80. The number of amides is 1. The van der Waals surface area contributed by atoms with Gasteiger partial charge in [-0.1, -0.05) is 12.1 Å². The van der Waals surface area contributed by atoms with E-state index in [4.69, 9.17) is 0 Å². The van der Waals surface area contributed by atoms with E-state index < -0.39 is 23.8 Å². The molecule has 1 saturated heterocycles. The average Bonchev–Trinajstić information content (AvgIpc) is 2.94. The van der Waals surface area contributed by atoms with E-state index in [1.165, 1.54) is 11.0 Å². The molecule has 126 valence electrons. The Morgan fingerprint density at radius 3 is 2.75 bits per heavy atom. The zero-order valence-corrected chi connectivity index (χ0v) is 13.2. The van der Waals surface area contributed by atoms with Gasteiger partial charge in [0.25, 0.3) is 0 Å². The molecule has 3 rings (SSSR count). The Labute approximate surface area is 138 Å². The molecule has 2 unspecified atom stereocenters. The van der Waals surface area contributed by atoms with Crippen LogP contribution in [0.3, 0.4) is 0 Å². The summed E-state index contributed by atoms with van der Waals surface area (Å²) in [7, 11) is 0. The summed E-state index contributed by atoms with van der Waals surface area (Å²) < 4.78 is 26.6. The fourth-order valence-electron chi connectivity index (χ4n) is 3.00. The van der Waals surface area contributed by atoms with Gasteiger partial charge < -0.3 is 10.0 Å². The summed E-state index contributed by atoms with van der Waals surface area (Å²) in [6.45, 7) is 2.04. The van der Waals surface area contributed by atoms with Crippen LogP contribution < -0.4 is 0 Å². The molecule has 1 amide bonds. The van der Waals surface area contributed by atoms with Crippen molar-refractivity contribution in [2.75, 3.05) is 6.54 Å². The Kier molecular flexibility index (Phi) is 4.57. The number of aromatic nitrogens is 1. The standard InChI is InChI=1S/C18H18F2N2O2/c1-11-2-3-12(9-21-11)6-18(24)22-10-14(23)8-17(22)13-4-5-15(19)16(20)7-13/h2-5,7,9,14,17,23H,6,8,10H2,1H3. The lowest BCUT2D eigenvalue weighted by atomic mass is 10.0. The molecule has 0 saturated carbocycles. The van der Waals surface area contributed by atoms with Crippen molar-refractivity contribution in [1.29, 1.82) is 0 Å². The molecule has 0 aliphatic carbocycles. The molecule has 2 aromatic rings. The topological polar surface area (TPSA) is 53.4 Å². The normalized spacial score (nSPS) is 20.4. The molecule has 4 nitrogen and oxygen atoms in total. The zero-order chi connectivity index (χ0) is 17.3. The first-order valence-corrected chi connectivity index (χ1v) is 7.78. The molecular formula is C18H18F2N2O2. The van der Waals surface area contributed by atoms with Crippen molar-refractivity contribution in [3.8, 4) is 0 Å². The number of carbonyl (C=O) groups excluding carboxylic acids is 1. The van der Waals surface area contributed by atoms with Gasteiger partial charge in [-0.25, -0.2) is 8.78 Å². The number of halogens is 2. The van der Waals surface area contributed by atoms with Gasteiger partial charge in [-0.15, -0.1) is 0 Å². The molecule has 1 fully saturated rings. The maximum atomic E-state index is 13.5. The molecule has 6 heteroatoms. The minimum Gasteiger partial charge on any atom is -0.391 e. The Hall–Kier alpha value is -2.34. The van der Waals surface area contributed by atoms with E-state index in [9.17, 15) is 18.7 Å². The summed E-state index contributed by atoms with van der Waals surface area (Å²) in [4.78, 5) is 18.3. The molecule has 1 aliphatic rings. The minimum absolute atomic E-state index is 0.153. The molecule has 0 spiro atoms. The lowest BCUT2D eigenvalue weighted by molar-refractivity contribution is -0.131. The van der Waals surface area contributed by atoms with Crippen LogP contribution in [-0.2, 0) is 11.2 Å². The van der Waals surface area contributed by atoms with Crippen LogP contribution in [0, 0.1) is 18.6 Å². The molecular weight excluding hydrogens is 314 g/mol. The summed E-state index contributed by atoms with van der Waals surface area (Å²) in [5.41, 5.74) is 2.12. The van der Waals surface area contributed by atoms with Gasteiger partial charge >= 0.3 is 0 Å². The number of hydrogen-bond acceptors (Lipinski definition) is 3. The number of pyridine rings is 1. The fourth-order valence-corrected chi connectivity index (χ4v) is 3.00. The van der Waals surface area contributed by atoms with Gasteiger partial charge in [0.15, 0.2) is 11.6 Å². The van der Waals surface area contributed by atoms with Crippen LogP contribution in [0.1, 0.15) is 29.3 Å². The third kappa shape index (κ3) is 3.43. The number of aliphatic hydroxyl groups is 1. The SMILES string of the molecule is Cc1ccc(CC(=O)N2CC(O)CC2c2ccc(F)c(F)c2)cn1. The largest absolute Gasteiger partial charge is 0.391 e. The van der Waals surface area contributed by atoms with Gasteiger partial charge in [0.1, 0.15) is 0 Å². The predicted octanol–water partition coefficient (Wildman–Crippen LogP) is 2.55. The van der Waals surface area contributed by atoms with E-state index in [1.54, 1.807) is 6.20 Å². The number of aryl methyl sites for hydroxylation is 1. The first-order chi connectivity index (χ1) is 11.4. The number of likely N-dealkylation sites (tertiary alicyclic amines) is 1. The van der Waals surface area contributed by atoms with E-state index in [0.29, 0.717) is 12.0 Å². The number of benzene rings is 1. The van der Waals surface area contributed by atoms with E-state index in [2.05, 4.69) is 4.98 Å². The molecule has 1 aromatic carbocycles. The van der Waals surface area contributed by atoms with Gasteiger partial charge in [0, 0.05) is 18.4 Å². The molecule has 1 aliphatic heterocycles. The Morgan fingerprint density at radius 2 is 2.08 bits per heavy atom. The van der Waals surface area contributed by atoms with E-state index >= 15 is 0 Å². The lowest BCUT2D eigenvalue weighted by Crippen LogP contribution is -2.33. The van der Waals surface area contributed by atoms with Crippen LogP contribution in [0.2, 0.25) is 0 Å². The summed E-state index contributed by atoms with van der Waals surface area (Å²) in [6.07, 6.45) is 1.43. The van der Waals surface area contributed by atoms with Gasteiger partial charge in [-0.3, -0.25) is 9.78 Å². The zero-order valence-electron chi connectivity index (χ0n) is 13.2.